The number of hydrogen-bond acceptors (Lipinski definition) is 7. The lowest BCUT2D eigenvalue weighted by Gasteiger charge is -2.20. The fraction of sp³-hybridized carbons (Fsp3) is 0.500. The first kappa shape index (κ1) is 22.6. The van der Waals surface area contributed by atoms with E-state index in [1.165, 1.54) is 16.8 Å². The molecule has 1 aromatic heterocycles. The van der Waals surface area contributed by atoms with Crippen LogP contribution in [0.3, 0.4) is 0 Å². The van der Waals surface area contributed by atoms with E-state index >= 15 is 0 Å². The van der Waals surface area contributed by atoms with E-state index in [1.54, 1.807) is 32.9 Å². The number of ether oxygens (including phenoxy) is 3. The van der Waals surface area contributed by atoms with E-state index in [0.29, 0.717) is 29.3 Å². The van der Waals surface area contributed by atoms with Gasteiger partial charge in [-0.3, -0.25) is 4.79 Å². The monoisotopic (exact) mass is 432 g/mol. The molecule has 2 unspecified atom stereocenters. The van der Waals surface area contributed by atoms with Crippen molar-refractivity contribution in [3.05, 3.63) is 41.5 Å². The summed E-state index contributed by atoms with van der Waals surface area (Å²) in [5.41, 5.74) is -0.286. The fourth-order valence-corrected chi connectivity index (χ4v) is 3.30. The van der Waals surface area contributed by atoms with Gasteiger partial charge in [-0.05, 0) is 44.9 Å². The zero-order chi connectivity index (χ0) is 22.8. The Morgan fingerprint density at radius 3 is 2.61 bits per heavy atom. The molecule has 3 rings (SSSR count). The van der Waals surface area contributed by atoms with Gasteiger partial charge in [0, 0.05) is 12.6 Å². The third-order valence-corrected chi connectivity index (χ3v) is 4.78. The number of aromatic nitrogens is 2. The molecule has 168 valence electrons. The molecule has 0 aliphatic carbocycles. The second kappa shape index (κ2) is 8.97. The highest BCUT2D eigenvalue weighted by molar-refractivity contribution is 5.78. The molecule has 9 heteroatoms. The number of carbonyl (C=O) groups excluding carboxylic acids is 1. The number of fused-ring (bicyclic) bond motifs is 1. The Morgan fingerprint density at radius 2 is 1.97 bits per heavy atom. The number of imidazole rings is 1. The van der Waals surface area contributed by atoms with Crippen LogP contribution >= 0.6 is 0 Å². The van der Waals surface area contributed by atoms with Crippen molar-refractivity contribution in [2.24, 2.45) is 0 Å². The van der Waals surface area contributed by atoms with Gasteiger partial charge in [-0.1, -0.05) is 19.4 Å². The van der Waals surface area contributed by atoms with Crippen LogP contribution in [-0.2, 0) is 16.0 Å². The molecule has 2 N–H and O–H groups in total. The van der Waals surface area contributed by atoms with Crippen LogP contribution < -0.4 is 9.47 Å². The second-order valence-corrected chi connectivity index (χ2v) is 8.41. The number of rotatable bonds is 7. The van der Waals surface area contributed by atoms with Gasteiger partial charge in [-0.25, -0.2) is 14.3 Å². The Hall–Kier alpha value is -3.07. The highest BCUT2D eigenvalue weighted by Crippen LogP contribution is 2.38. The smallest absolute Gasteiger partial charge is 0.420 e. The Balaban J connectivity index is 1.95. The number of aryl methyl sites for hydroxylation is 1. The zero-order valence-electron chi connectivity index (χ0n) is 18.1. The van der Waals surface area contributed by atoms with Crippen molar-refractivity contribution in [2.45, 2.75) is 64.6 Å². The summed E-state index contributed by atoms with van der Waals surface area (Å²) in [6, 6.07) is 4.71. The number of aliphatic hydroxyl groups is 1. The third-order valence-electron chi connectivity index (χ3n) is 4.78. The number of carbonyl (C=O) groups is 2. The van der Waals surface area contributed by atoms with Crippen LogP contribution in [0.25, 0.3) is 0 Å². The van der Waals surface area contributed by atoms with Gasteiger partial charge in [0.05, 0.1) is 5.69 Å². The number of aliphatic carboxylic acids is 1. The summed E-state index contributed by atoms with van der Waals surface area (Å²) in [7, 11) is 0. The number of aliphatic hydroxyl groups excluding tert-OH is 1. The number of nitrogens with zero attached hydrogens (tertiary/aromatic N) is 2. The molecule has 0 saturated heterocycles. The van der Waals surface area contributed by atoms with E-state index in [2.05, 4.69) is 4.98 Å². The highest BCUT2D eigenvalue weighted by Gasteiger charge is 2.34. The minimum atomic E-state index is -1.48. The molecule has 0 spiro atoms. The standard InChI is InChI=1S/C22H28N2O7/c1-5-6-7-17-23-14(11-24(17)21(28)31-22(2,3)4)19(25)18(20(26)27)13-8-9-15-16(10-13)30-12-29-15/h8-11,18-19,25H,5-7,12H2,1-4H3,(H,26,27). The molecule has 2 heterocycles. The SMILES string of the molecule is CCCCc1nc(C(O)C(C(=O)O)c2ccc3c(c2)OCO3)cn1C(=O)OC(C)(C)C. The summed E-state index contributed by atoms with van der Waals surface area (Å²) in [5.74, 6) is -1.19. The predicted octanol–water partition coefficient (Wildman–Crippen LogP) is 3.64. The van der Waals surface area contributed by atoms with Gasteiger partial charge in [-0.15, -0.1) is 0 Å². The molecular formula is C22H28N2O7. The predicted molar refractivity (Wildman–Crippen MR) is 110 cm³/mol. The summed E-state index contributed by atoms with van der Waals surface area (Å²) in [4.78, 5) is 29.1. The topological polar surface area (TPSA) is 120 Å². The molecule has 0 amide bonds. The fourth-order valence-electron chi connectivity index (χ4n) is 3.30. The van der Waals surface area contributed by atoms with Crippen LogP contribution in [0, 0.1) is 0 Å². The summed E-state index contributed by atoms with van der Waals surface area (Å²) >= 11 is 0. The van der Waals surface area contributed by atoms with Gasteiger partial charge in [0.15, 0.2) is 11.5 Å². The lowest BCUT2D eigenvalue weighted by atomic mass is 9.91. The molecule has 1 aliphatic heterocycles. The molecule has 9 nitrogen and oxygen atoms in total. The lowest BCUT2D eigenvalue weighted by molar-refractivity contribution is -0.141. The average Bonchev–Trinajstić information content (AvgIpc) is 3.31. The van der Waals surface area contributed by atoms with Gasteiger partial charge in [0.2, 0.25) is 6.79 Å². The van der Waals surface area contributed by atoms with E-state index < -0.39 is 29.7 Å². The maximum Gasteiger partial charge on any atom is 0.420 e. The van der Waals surface area contributed by atoms with Gasteiger partial charge in [-0.2, -0.15) is 0 Å². The Labute approximate surface area is 180 Å². The van der Waals surface area contributed by atoms with Crippen LogP contribution in [0.15, 0.2) is 24.4 Å². The summed E-state index contributed by atoms with van der Waals surface area (Å²) in [6.07, 6.45) is 1.39. The first-order chi connectivity index (χ1) is 14.6. The van der Waals surface area contributed by atoms with Gasteiger partial charge in [0.25, 0.3) is 0 Å². The van der Waals surface area contributed by atoms with E-state index in [0.717, 1.165) is 12.8 Å². The van der Waals surface area contributed by atoms with E-state index in [1.807, 2.05) is 6.92 Å². The molecule has 2 aromatic rings. The zero-order valence-corrected chi connectivity index (χ0v) is 18.1. The number of unbranched alkanes of at least 4 members (excludes halogenated alkanes) is 1. The Bertz CT molecular complexity index is 961. The number of benzene rings is 1. The summed E-state index contributed by atoms with van der Waals surface area (Å²) in [6.45, 7) is 7.33. The second-order valence-electron chi connectivity index (χ2n) is 8.41. The van der Waals surface area contributed by atoms with Crippen molar-refractivity contribution in [1.29, 1.82) is 0 Å². The van der Waals surface area contributed by atoms with Crippen LogP contribution in [0.5, 0.6) is 11.5 Å². The Morgan fingerprint density at radius 1 is 1.26 bits per heavy atom. The van der Waals surface area contributed by atoms with Crippen molar-refractivity contribution >= 4 is 12.1 Å². The molecule has 0 fully saturated rings. The van der Waals surface area contributed by atoms with Crippen molar-refractivity contribution in [1.82, 2.24) is 9.55 Å². The largest absolute Gasteiger partial charge is 0.481 e. The van der Waals surface area contributed by atoms with Gasteiger partial charge < -0.3 is 24.4 Å². The van der Waals surface area contributed by atoms with E-state index in [9.17, 15) is 19.8 Å². The van der Waals surface area contributed by atoms with Crippen molar-refractivity contribution < 1.29 is 34.0 Å². The molecular weight excluding hydrogens is 404 g/mol. The lowest BCUT2D eigenvalue weighted by Crippen LogP contribution is -2.27. The first-order valence-corrected chi connectivity index (χ1v) is 10.2. The first-order valence-electron chi connectivity index (χ1n) is 10.2. The Kier molecular flexibility index (Phi) is 6.54. The molecule has 1 aromatic carbocycles. The number of carboxylic acid groups (broad SMARTS) is 1. The van der Waals surface area contributed by atoms with E-state index in [-0.39, 0.29) is 12.5 Å². The third kappa shape index (κ3) is 5.16. The number of hydrogen-bond donors (Lipinski definition) is 2. The minimum absolute atomic E-state index is 0.0557. The minimum Gasteiger partial charge on any atom is -0.481 e. The van der Waals surface area contributed by atoms with Crippen LogP contribution in [0.4, 0.5) is 4.79 Å². The quantitative estimate of drug-likeness (QED) is 0.680. The maximum atomic E-state index is 12.7. The van der Waals surface area contributed by atoms with E-state index in [4.69, 9.17) is 14.2 Å². The van der Waals surface area contributed by atoms with Crippen LogP contribution in [0.1, 0.15) is 69.6 Å². The summed E-state index contributed by atoms with van der Waals surface area (Å²) < 4.78 is 17.3. The van der Waals surface area contributed by atoms with Gasteiger partial charge >= 0.3 is 12.1 Å². The molecule has 0 radical (unpaired) electrons. The highest BCUT2D eigenvalue weighted by atomic mass is 16.7. The molecule has 0 bridgehead atoms. The maximum absolute atomic E-state index is 12.7. The molecule has 31 heavy (non-hydrogen) atoms. The van der Waals surface area contributed by atoms with Crippen molar-refractivity contribution in [2.75, 3.05) is 6.79 Å². The average molecular weight is 432 g/mol. The van der Waals surface area contributed by atoms with Crippen molar-refractivity contribution in [3.63, 3.8) is 0 Å². The molecule has 0 saturated carbocycles. The van der Waals surface area contributed by atoms with Gasteiger partial charge in [0.1, 0.15) is 23.4 Å². The van der Waals surface area contributed by atoms with Crippen LogP contribution in [-0.4, -0.2) is 44.2 Å². The summed E-state index contributed by atoms with van der Waals surface area (Å²) in [5, 5.41) is 20.8. The normalized spacial score (nSPS) is 14.9. The van der Waals surface area contributed by atoms with Crippen LogP contribution in [0.2, 0.25) is 0 Å². The molecule has 1 aliphatic rings. The van der Waals surface area contributed by atoms with Crippen molar-refractivity contribution in [3.8, 4) is 11.5 Å². The molecule has 2 atom stereocenters. The number of carboxylic acids is 1.